The van der Waals surface area contributed by atoms with E-state index >= 15 is 0 Å². The van der Waals surface area contributed by atoms with Crippen molar-refractivity contribution >= 4 is 11.7 Å². The smallest absolute Gasteiger partial charge is 0.323 e. The summed E-state index contributed by atoms with van der Waals surface area (Å²) < 4.78 is 0. The summed E-state index contributed by atoms with van der Waals surface area (Å²) in [6.45, 7) is 0.572. The Morgan fingerprint density at radius 2 is 2.31 bits per heavy atom. The van der Waals surface area contributed by atoms with Crippen molar-refractivity contribution in [3.63, 3.8) is 0 Å². The van der Waals surface area contributed by atoms with E-state index in [1.165, 1.54) is 0 Å². The topological polar surface area (TPSA) is 49.7 Å². The Balaban J connectivity index is 2.53. The Bertz CT molecular complexity index is 363. The molecule has 2 aliphatic rings. The molecule has 1 atom stereocenters. The third-order valence-corrected chi connectivity index (χ3v) is 2.25. The molecular formula is C10H9NO2. The first-order chi connectivity index (χ1) is 6.26. The first-order valence-corrected chi connectivity index (χ1v) is 4.08. The highest BCUT2D eigenvalue weighted by molar-refractivity contribution is 6.16. The number of carbonyl (C=O) groups is 1. The summed E-state index contributed by atoms with van der Waals surface area (Å²) in [5.74, 6) is -0.872. The molecule has 2 rings (SSSR count). The highest BCUT2D eigenvalue weighted by atomic mass is 16.4. The zero-order valence-electron chi connectivity index (χ0n) is 6.97. The minimum absolute atomic E-state index is 0.572. The quantitative estimate of drug-likeness (QED) is 0.608. The molecule has 1 aliphatic heterocycles. The molecular weight excluding hydrogens is 166 g/mol. The Labute approximate surface area is 75.8 Å². The Kier molecular flexibility index (Phi) is 1.65. The zero-order chi connectivity index (χ0) is 9.31. The maximum absolute atomic E-state index is 11.1. The van der Waals surface area contributed by atoms with Crippen LogP contribution in [0.3, 0.4) is 0 Å². The second-order valence-corrected chi connectivity index (χ2v) is 3.02. The van der Waals surface area contributed by atoms with Crippen LogP contribution in [-0.4, -0.2) is 23.3 Å². The molecule has 66 valence electrons. The number of carboxylic acid groups (broad SMARTS) is 1. The van der Waals surface area contributed by atoms with E-state index in [2.05, 4.69) is 4.99 Å². The van der Waals surface area contributed by atoms with Gasteiger partial charge in [-0.05, 0) is 6.08 Å². The molecule has 1 N–H and O–H groups in total. The molecule has 1 aliphatic carbocycles. The molecule has 13 heavy (non-hydrogen) atoms. The molecule has 0 bridgehead atoms. The van der Waals surface area contributed by atoms with E-state index in [9.17, 15) is 4.79 Å². The summed E-state index contributed by atoms with van der Waals surface area (Å²) in [5, 5.41) is 9.11. The Hall–Kier alpha value is -1.64. The van der Waals surface area contributed by atoms with Crippen LogP contribution in [0.1, 0.15) is 0 Å². The average Bonchev–Trinajstić information content (AvgIpc) is 2.17. The highest BCUT2D eigenvalue weighted by Crippen LogP contribution is 2.30. The minimum Gasteiger partial charge on any atom is -0.480 e. The van der Waals surface area contributed by atoms with Gasteiger partial charge in [-0.1, -0.05) is 30.4 Å². The van der Waals surface area contributed by atoms with Crippen LogP contribution >= 0.6 is 0 Å². The summed E-state index contributed by atoms with van der Waals surface area (Å²) in [7, 11) is 0. The van der Waals surface area contributed by atoms with Crippen molar-refractivity contribution in [2.24, 2.45) is 10.4 Å². The number of aliphatic carboxylic acids is 1. The molecule has 0 radical (unpaired) electrons. The van der Waals surface area contributed by atoms with Crippen molar-refractivity contribution in [1.29, 1.82) is 0 Å². The van der Waals surface area contributed by atoms with Crippen molar-refractivity contribution in [3.8, 4) is 0 Å². The van der Waals surface area contributed by atoms with Gasteiger partial charge in [0, 0.05) is 0 Å². The van der Waals surface area contributed by atoms with E-state index in [1.807, 2.05) is 0 Å². The number of hydrogen-bond acceptors (Lipinski definition) is 2. The molecule has 0 saturated heterocycles. The fourth-order valence-corrected chi connectivity index (χ4v) is 1.54. The normalized spacial score (nSPS) is 29.7. The van der Waals surface area contributed by atoms with Gasteiger partial charge in [0.2, 0.25) is 0 Å². The largest absolute Gasteiger partial charge is 0.480 e. The molecule has 3 heteroatoms. The van der Waals surface area contributed by atoms with E-state index in [-0.39, 0.29) is 0 Å². The number of dihydropyridines is 1. The lowest BCUT2D eigenvalue weighted by molar-refractivity contribution is -0.140. The van der Waals surface area contributed by atoms with E-state index in [0.717, 1.165) is 0 Å². The third kappa shape index (κ3) is 1.04. The van der Waals surface area contributed by atoms with Crippen LogP contribution in [0.25, 0.3) is 0 Å². The molecule has 0 aromatic heterocycles. The molecule has 0 fully saturated rings. The standard InChI is InChI=1S/C10H9NO2/c12-9(13)10-5-2-1-4-8(10)11-7-3-6-10/h1-6H,7H2,(H,12,13). The van der Waals surface area contributed by atoms with Gasteiger partial charge in [-0.3, -0.25) is 9.79 Å². The second kappa shape index (κ2) is 2.69. The molecule has 1 heterocycles. The number of rotatable bonds is 1. The van der Waals surface area contributed by atoms with E-state index < -0.39 is 11.4 Å². The van der Waals surface area contributed by atoms with Crippen LogP contribution in [-0.2, 0) is 4.79 Å². The van der Waals surface area contributed by atoms with E-state index in [0.29, 0.717) is 12.3 Å². The SMILES string of the molecule is O=C(O)C12C=CC=CC1=NCC=C2. The Morgan fingerprint density at radius 1 is 1.46 bits per heavy atom. The number of nitrogens with zero attached hydrogens (tertiary/aromatic N) is 1. The van der Waals surface area contributed by atoms with Crippen LogP contribution in [0.15, 0.2) is 41.4 Å². The maximum Gasteiger partial charge on any atom is 0.323 e. The van der Waals surface area contributed by atoms with E-state index in [4.69, 9.17) is 5.11 Å². The molecule has 3 nitrogen and oxygen atoms in total. The molecule has 0 amide bonds. The highest BCUT2D eigenvalue weighted by Gasteiger charge is 2.39. The van der Waals surface area contributed by atoms with Crippen LogP contribution in [0, 0.1) is 5.41 Å². The lowest BCUT2D eigenvalue weighted by atomic mass is 9.78. The van der Waals surface area contributed by atoms with Crippen molar-refractivity contribution < 1.29 is 9.90 Å². The van der Waals surface area contributed by atoms with Crippen molar-refractivity contribution in [2.45, 2.75) is 0 Å². The van der Waals surface area contributed by atoms with Gasteiger partial charge in [0.25, 0.3) is 0 Å². The molecule has 0 spiro atoms. The summed E-state index contributed by atoms with van der Waals surface area (Å²) in [5.41, 5.74) is -0.391. The van der Waals surface area contributed by atoms with Crippen LogP contribution in [0.4, 0.5) is 0 Å². The van der Waals surface area contributed by atoms with Crippen LogP contribution < -0.4 is 0 Å². The van der Waals surface area contributed by atoms with Crippen molar-refractivity contribution in [1.82, 2.24) is 0 Å². The van der Waals surface area contributed by atoms with Gasteiger partial charge in [0.15, 0.2) is 0 Å². The van der Waals surface area contributed by atoms with Gasteiger partial charge in [-0.25, -0.2) is 0 Å². The minimum atomic E-state index is -1.01. The third-order valence-electron chi connectivity index (χ3n) is 2.25. The van der Waals surface area contributed by atoms with Crippen molar-refractivity contribution in [2.75, 3.05) is 6.54 Å². The maximum atomic E-state index is 11.1. The lowest BCUT2D eigenvalue weighted by Gasteiger charge is -2.26. The van der Waals surface area contributed by atoms with Gasteiger partial charge in [-0.15, -0.1) is 0 Å². The fourth-order valence-electron chi connectivity index (χ4n) is 1.54. The zero-order valence-corrected chi connectivity index (χ0v) is 6.97. The first-order valence-electron chi connectivity index (χ1n) is 4.08. The van der Waals surface area contributed by atoms with Gasteiger partial charge in [0.1, 0.15) is 5.41 Å². The number of carboxylic acids is 1. The average molecular weight is 175 g/mol. The van der Waals surface area contributed by atoms with Gasteiger partial charge in [-0.2, -0.15) is 0 Å². The predicted molar refractivity (Wildman–Crippen MR) is 49.8 cm³/mol. The van der Waals surface area contributed by atoms with Gasteiger partial charge >= 0.3 is 5.97 Å². The Morgan fingerprint density at radius 3 is 3.00 bits per heavy atom. The van der Waals surface area contributed by atoms with Crippen LogP contribution in [0.5, 0.6) is 0 Å². The summed E-state index contributed by atoms with van der Waals surface area (Å²) in [6, 6.07) is 0. The summed E-state index contributed by atoms with van der Waals surface area (Å²) >= 11 is 0. The number of allylic oxidation sites excluding steroid dienone is 3. The summed E-state index contributed by atoms with van der Waals surface area (Å²) in [4.78, 5) is 15.2. The number of aliphatic imine (C=N–C) groups is 1. The number of fused-ring (bicyclic) bond motifs is 1. The fraction of sp³-hybridized carbons (Fsp3) is 0.200. The van der Waals surface area contributed by atoms with Gasteiger partial charge < -0.3 is 5.11 Å². The van der Waals surface area contributed by atoms with Crippen LogP contribution in [0.2, 0.25) is 0 Å². The van der Waals surface area contributed by atoms with Gasteiger partial charge in [0.05, 0.1) is 12.3 Å². The van der Waals surface area contributed by atoms with E-state index in [1.54, 1.807) is 36.5 Å². The summed E-state index contributed by atoms with van der Waals surface area (Å²) in [6.07, 6.45) is 10.4. The van der Waals surface area contributed by atoms with Crippen molar-refractivity contribution in [3.05, 3.63) is 36.5 Å². The monoisotopic (exact) mass is 175 g/mol. The number of hydrogen-bond donors (Lipinski definition) is 1. The predicted octanol–water partition coefficient (Wildman–Crippen LogP) is 1.19. The second-order valence-electron chi connectivity index (χ2n) is 3.02. The lowest BCUT2D eigenvalue weighted by Crippen LogP contribution is -2.37. The molecule has 0 saturated carbocycles. The molecule has 0 aromatic rings. The first kappa shape index (κ1) is 7.98. The molecule has 1 unspecified atom stereocenters. The molecule has 0 aromatic carbocycles.